The van der Waals surface area contributed by atoms with Crippen molar-refractivity contribution >= 4 is 0 Å². The molecule has 0 radical (unpaired) electrons. The van der Waals surface area contributed by atoms with Crippen LogP contribution >= 0.6 is 0 Å². The number of rotatable bonds is 1. The average molecular weight is 168 g/mol. The lowest BCUT2D eigenvalue weighted by Crippen LogP contribution is -2.35. The SMILES string of the molecule is COC1C=C(C(F)(F)F)NN1. The lowest BCUT2D eigenvalue weighted by Gasteiger charge is -2.07. The van der Waals surface area contributed by atoms with Gasteiger partial charge in [-0.25, -0.2) is 5.43 Å². The van der Waals surface area contributed by atoms with Crippen LogP contribution in [-0.4, -0.2) is 19.5 Å². The molecule has 11 heavy (non-hydrogen) atoms. The molecular formula is C5H7F3N2O. The van der Waals surface area contributed by atoms with Gasteiger partial charge in [-0.1, -0.05) is 0 Å². The van der Waals surface area contributed by atoms with Gasteiger partial charge in [-0.15, -0.1) is 0 Å². The summed E-state index contributed by atoms with van der Waals surface area (Å²) in [5, 5.41) is 0. The Hall–Kier alpha value is -0.750. The van der Waals surface area contributed by atoms with Crippen molar-refractivity contribution in [1.29, 1.82) is 0 Å². The number of allylic oxidation sites excluding steroid dienone is 1. The summed E-state index contributed by atoms with van der Waals surface area (Å²) < 4.78 is 40.1. The molecule has 3 nitrogen and oxygen atoms in total. The monoisotopic (exact) mass is 168 g/mol. The lowest BCUT2D eigenvalue weighted by molar-refractivity contribution is -0.0965. The number of hydrogen-bond acceptors (Lipinski definition) is 3. The van der Waals surface area contributed by atoms with E-state index in [9.17, 15) is 13.2 Å². The van der Waals surface area contributed by atoms with Gasteiger partial charge in [0.15, 0.2) is 0 Å². The zero-order valence-electron chi connectivity index (χ0n) is 5.70. The molecule has 0 amide bonds. The molecule has 0 fully saturated rings. The van der Waals surface area contributed by atoms with Crippen molar-refractivity contribution in [1.82, 2.24) is 10.9 Å². The van der Waals surface area contributed by atoms with E-state index in [-0.39, 0.29) is 0 Å². The Morgan fingerprint density at radius 2 is 2.18 bits per heavy atom. The van der Waals surface area contributed by atoms with Crippen LogP contribution in [0.5, 0.6) is 0 Å². The van der Waals surface area contributed by atoms with Crippen LogP contribution in [0.2, 0.25) is 0 Å². The van der Waals surface area contributed by atoms with E-state index < -0.39 is 18.1 Å². The van der Waals surface area contributed by atoms with Gasteiger partial charge in [0, 0.05) is 7.11 Å². The second-order valence-electron chi connectivity index (χ2n) is 2.00. The van der Waals surface area contributed by atoms with Crippen molar-refractivity contribution in [3.63, 3.8) is 0 Å². The molecule has 1 unspecified atom stereocenters. The molecule has 0 aromatic rings. The summed E-state index contributed by atoms with van der Waals surface area (Å²) in [5.41, 5.74) is 3.42. The molecular weight excluding hydrogens is 161 g/mol. The third-order valence-electron chi connectivity index (χ3n) is 1.23. The summed E-state index contributed by atoms with van der Waals surface area (Å²) >= 11 is 0. The van der Waals surface area contributed by atoms with Crippen molar-refractivity contribution in [3.8, 4) is 0 Å². The molecule has 1 heterocycles. The Bertz CT molecular complexity index is 177. The Morgan fingerprint density at radius 1 is 1.55 bits per heavy atom. The molecule has 1 atom stereocenters. The molecule has 2 N–H and O–H groups in total. The number of hydrazine groups is 1. The number of nitrogens with one attached hydrogen (secondary N) is 2. The molecule has 0 saturated carbocycles. The Kier molecular flexibility index (Phi) is 2.05. The van der Waals surface area contributed by atoms with E-state index in [1.807, 2.05) is 5.43 Å². The van der Waals surface area contributed by atoms with Crippen molar-refractivity contribution in [2.45, 2.75) is 12.4 Å². The number of hydrogen-bond donors (Lipinski definition) is 2. The van der Waals surface area contributed by atoms with E-state index in [4.69, 9.17) is 0 Å². The summed E-state index contributed by atoms with van der Waals surface area (Å²) in [6, 6.07) is 0. The predicted octanol–water partition coefficient (Wildman–Crippen LogP) is 0.513. The molecule has 6 heteroatoms. The molecule has 0 aliphatic carbocycles. The second kappa shape index (κ2) is 2.71. The maximum atomic E-state index is 11.8. The molecule has 64 valence electrons. The van der Waals surface area contributed by atoms with Crippen molar-refractivity contribution < 1.29 is 17.9 Å². The first-order valence-corrected chi connectivity index (χ1v) is 2.87. The van der Waals surface area contributed by atoms with E-state index in [0.717, 1.165) is 6.08 Å². The Labute approximate surface area is 61.2 Å². The van der Waals surface area contributed by atoms with Crippen LogP contribution < -0.4 is 10.9 Å². The third kappa shape index (κ3) is 1.84. The smallest absolute Gasteiger partial charge is 0.361 e. The normalized spacial score (nSPS) is 24.7. The summed E-state index contributed by atoms with van der Waals surface area (Å²) in [7, 11) is 1.31. The van der Waals surface area contributed by atoms with Crippen LogP contribution in [-0.2, 0) is 4.74 Å². The first kappa shape index (κ1) is 8.35. The van der Waals surface area contributed by atoms with Crippen molar-refractivity contribution in [2.24, 2.45) is 0 Å². The molecule has 0 bridgehead atoms. The predicted molar refractivity (Wildman–Crippen MR) is 31.2 cm³/mol. The van der Waals surface area contributed by atoms with Crippen LogP contribution in [0, 0.1) is 0 Å². The molecule has 0 aromatic carbocycles. The van der Waals surface area contributed by atoms with Crippen LogP contribution in [0.15, 0.2) is 11.8 Å². The highest BCUT2D eigenvalue weighted by Gasteiger charge is 2.37. The fourth-order valence-corrected chi connectivity index (χ4v) is 0.676. The largest absolute Gasteiger partial charge is 0.432 e. The lowest BCUT2D eigenvalue weighted by atomic mass is 10.4. The van der Waals surface area contributed by atoms with Gasteiger partial charge >= 0.3 is 6.18 Å². The van der Waals surface area contributed by atoms with Gasteiger partial charge < -0.3 is 10.2 Å². The average Bonchev–Trinajstić information content (AvgIpc) is 2.32. The summed E-state index contributed by atoms with van der Waals surface area (Å²) in [6.45, 7) is 0. The summed E-state index contributed by atoms with van der Waals surface area (Å²) in [5.74, 6) is 0. The quantitative estimate of drug-likeness (QED) is 0.598. The van der Waals surface area contributed by atoms with E-state index in [0.29, 0.717) is 0 Å². The molecule has 0 aromatic heterocycles. The van der Waals surface area contributed by atoms with Crippen LogP contribution in [0.4, 0.5) is 13.2 Å². The van der Waals surface area contributed by atoms with Crippen LogP contribution in [0.25, 0.3) is 0 Å². The molecule has 1 aliphatic heterocycles. The van der Waals surface area contributed by atoms with E-state index in [1.165, 1.54) is 7.11 Å². The fraction of sp³-hybridized carbons (Fsp3) is 0.600. The zero-order chi connectivity index (χ0) is 8.48. The topological polar surface area (TPSA) is 33.3 Å². The maximum Gasteiger partial charge on any atom is 0.432 e. The number of methoxy groups -OCH3 is 1. The van der Waals surface area contributed by atoms with E-state index in [2.05, 4.69) is 10.2 Å². The van der Waals surface area contributed by atoms with Crippen LogP contribution in [0.3, 0.4) is 0 Å². The van der Waals surface area contributed by atoms with Gasteiger partial charge in [0.25, 0.3) is 0 Å². The van der Waals surface area contributed by atoms with Gasteiger partial charge in [-0.2, -0.15) is 13.2 Å². The second-order valence-corrected chi connectivity index (χ2v) is 2.00. The maximum absolute atomic E-state index is 11.8. The van der Waals surface area contributed by atoms with Crippen molar-refractivity contribution in [2.75, 3.05) is 7.11 Å². The van der Waals surface area contributed by atoms with Gasteiger partial charge in [0.05, 0.1) is 0 Å². The molecule has 1 aliphatic rings. The number of halogens is 3. The minimum Gasteiger partial charge on any atom is -0.361 e. The van der Waals surface area contributed by atoms with Crippen LogP contribution in [0.1, 0.15) is 0 Å². The minimum atomic E-state index is -4.33. The van der Waals surface area contributed by atoms with Gasteiger partial charge in [0.1, 0.15) is 11.9 Å². The summed E-state index contributed by atoms with van der Waals surface area (Å²) in [6.07, 6.45) is -4.10. The highest BCUT2D eigenvalue weighted by molar-refractivity contribution is 5.12. The van der Waals surface area contributed by atoms with E-state index >= 15 is 0 Å². The standard InChI is InChI=1S/C5H7F3N2O/c1-11-4-2-3(9-10-4)5(6,7)8/h2,4,9-10H,1H3. The summed E-state index contributed by atoms with van der Waals surface area (Å²) in [4.78, 5) is 0. The van der Waals surface area contributed by atoms with Crippen molar-refractivity contribution in [3.05, 3.63) is 11.8 Å². The van der Waals surface area contributed by atoms with Gasteiger partial charge in [0.2, 0.25) is 0 Å². The zero-order valence-corrected chi connectivity index (χ0v) is 5.70. The Morgan fingerprint density at radius 3 is 2.45 bits per heavy atom. The first-order chi connectivity index (χ1) is 5.04. The van der Waals surface area contributed by atoms with Gasteiger partial charge in [-0.05, 0) is 6.08 Å². The molecule has 0 saturated heterocycles. The third-order valence-corrected chi connectivity index (χ3v) is 1.23. The fourth-order valence-electron chi connectivity index (χ4n) is 0.676. The highest BCUT2D eigenvalue weighted by Crippen LogP contribution is 2.25. The highest BCUT2D eigenvalue weighted by atomic mass is 19.4. The Balaban J connectivity index is 2.62. The molecule has 0 spiro atoms. The minimum absolute atomic E-state index is 0.702. The molecule has 1 rings (SSSR count). The van der Waals surface area contributed by atoms with E-state index in [1.54, 1.807) is 0 Å². The first-order valence-electron chi connectivity index (χ1n) is 2.87. The number of ether oxygens (including phenoxy) is 1. The number of alkyl halides is 3. The van der Waals surface area contributed by atoms with Gasteiger partial charge in [-0.3, -0.25) is 0 Å².